The lowest BCUT2D eigenvalue weighted by molar-refractivity contribution is -0.385. The molecule has 0 spiro atoms. The van der Waals surface area contributed by atoms with Crippen LogP contribution in [0.2, 0.25) is 0 Å². The number of hydrogen-bond donors (Lipinski definition) is 1. The predicted octanol–water partition coefficient (Wildman–Crippen LogP) is 4.58. The molecule has 0 heterocycles. The summed E-state index contributed by atoms with van der Waals surface area (Å²) < 4.78 is 1.12. The highest BCUT2D eigenvalue weighted by atomic mass is 79.9. The molecule has 102 valence electrons. The summed E-state index contributed by atoms with van der Waals surface area (Å²) >= 11 is 6.40. The lowest BCUT2D eigenvalue weighted by atomic mass is 10.2. The third-order valence-corrected chi connectivity index (χ3v) is 3.55. The minimum absolute atomic E-state index is 0.0886. The Bertz CT molecular complexity index is 702. The molecule has 0 aliphatic rings. The smallest absolute Gasteiger partial charge is 0.271 e. The van der Waals surface area contributed by atoms with Crippen molar-refractivity contribution in [2.75, 3.05) is 0 Å². The summed E-state index contributed by atoms with van der Waals surface area (Å²) in [4.78, 5) is 14.4. The topological polar surface area (TPSA) is 75.7 Å². The first kappa shape index (κ1) is 14.7. The molecule has 0 saturated heterocycles. The van der Waals surface area contributed by atoms with E-state index < -0.39 is 4.92 Å². The zero-order valence-electron chi connectivity index (χ0n) is 9.96. The second kappa shape index (κ2) is 6.15. The van der Waals surface area contributed by atoms with Crippen LogP contribution in [0.5, 0.6) is 5.75 Å². The van der Waals surface area contributed by atoms with Gasteiger partial charge < -0.3 is 5.11 Å². The highest BCUT2D eigenvalue weighted by Crippen LogP contribution is 2.32. The zero-order valence-corrected chi connectivity index (χ0v) is 13.1. The van der Waals surface area contributed by atoms with E-state index >= 15 is 0 Å². The summed E-state index contributed by atoms with van der Waals surface area (Å²) in [5.74, 6) is -0.0886. The van der Waals surface area contributed by atoms with Crippen molar-refractivity contribution in [2.24, 2.45) is 4.99 Å². The predicted molar refractivity (Wildman–Crippen MR) is 83.9 cm³/mol. The van der Waals surface area contributed by atoms with E-state index in [2.05, 4.69) is 36.9 Å². The van der Waals surface area contributed by atoms with E-state index in [1.807, 2.05) is 12.1 Å². The van der Waals surface area contributed by atoms with Crippen molar-refractivity contribution >= 4 is 49.4 Å². The van der Waals surface area contributed by atoms with Gasteiger partial charge in [-0.3, -0.25) is 15.1 Å². The van der Waals surface area contributed by atoms with Gasteiger partial charge in [-0.05, 0) is 34.1 Å². The Hall–Kier alpha value is -1.73. The van der Waals surface area contributed by atoms with Gasteiger partial charge in [0.15, 0.2) is 0 Å². The SMILES string of the molecule is O=[N+]([O-])c1cc(Br)c(O)c(C=Nc2cccc(Br)c2)c1. The molecule has 0 saturated carbocycles. The molecule has 0 radical (unpaired) electrons. The molecule has 0 amide bonds. The van der Waals surface area contributed by atoms with Crippen LogP contribution in [0.3, 0.4) is 0 Å². The summed E-state index contributed by atoms with van der Waals surface area (Å²) in [6.45, 7) is 0. The van der Waals surface area contributed by atoms with E-state index in [4.69, 9.17) is 0 Å². The Labute approximate surface area is 131 Å². The minimum Gasteiger partial charge on any atom is -0.506 e. The second-order valence-corrected chi connectivity index (χ2v) is 5.63. The molecule has 20 heavy (non-hydrogen) atoms. The van der Waals surface area contributed by atoms with E-state index in [1.165, 1.54) is 18.3 Å². The van der Waals surface area contributed by atoms with E-state index in [1.54, 1.807) is 12.1 Å². The number of phenols is 1. The molecule has 7 heteroatoms. The van der Waals surface area contributed by atoms with Crippen molar-refractivity contribution in [3.05, 3.63) is 61.0 Å². The Morgan fingerprint density at radius 3 is 2.65 bits per heavy atom. The van der Waals surface area contributed by atoms with Gasteiger partial charge in [-0.15, -0.1) is 0 Å². The molecule has 5 nitrogen and oxygen atoms in total. The fourth-order valence-electron chi connectivity index (χ4n) is 1.51. The fraction of sp³-hybridized carbons (Fsp3) is 0. The highest BCUT2D eigenvalue weighted by molar-refractivity contribution is 9.10. The number of benzene rings is 2. The minimum atomic E-state index is -0.527. The van der Waals surface area contributed by atoms with Crippen molar-refractivity contribution in [3.8, 4) is 5.75 Å². The number of rotatable bonds is 3. The molecule has 0 aliphatic heterocycles. The summed E-state index contributed by atoms with van der Waals surface area (Å²) in [5, 5.41) is 20.7. The summed E-state index contributed by atoms with van der Waals surface area (Å²) in [7, 11) is 0. The van der Waals surface area contributed by atoms with Crippen LogP contribution >= 0.6 is 31.9 Å². The molecular formula is C13H8Br2N2O3. The molecule has 1 N–H and O–H groups in total. The first-order valence-electron chi connectivity index (χ1n) is 5.44. The number of nitro groups is 1. The van der Waals surface area contributed by atoms with Gasteiger partial charge in [-0.1, -0.05) is 22.0 Å². The quantitative estimate of drug-likeness (QED) is 0.466. The van der Waals surface area contributed by atoms with Crippen LogP contribution in [0.4, 0.5) is 11.4 Å². The zero-order chi connectivity index (χ0) is 14.7. The van der Waals surface area contributed by atoms with Crippen molar-refractivity contribution in [3.63, 3.8) is 0 Å². The van der Waals surface area contributed by atoms with Crippen LogP contribution < -0.4 is 0 Å². The van der Waals surface area contributed by atoms with Crippen LogP contribution in [0.1, 0.15) is 5.56 Å². The first-order valence-corrected chi connectivity index (χ1v) is 7.02. The first-order chi connectivity index (χ1) is 9.47. The average Bonchev–Trinajstić information content (AvgIpc) is 2.40. The number of aromatic hydroxyl groups is 1. The number of halogens is 2. The van der Waals surface area contributed by atoms with Crippen molar-refractivity contribution < 1.29 is 10.0 Å². The third-order valence-electron chi connectivity index (χ3n) is 2.45. The Kier molecular flexibility index (Phi) is 4.51. The normalized spacial score (nSPS) is 10.9. The van der Waals surface area contributed by atoms with Gasteiger partial charge in [0.05, 0.1) is 15.1 Å². The van der Waals surface area contributed by atoms with E-state index in [0.717, 1.165) is 4.47 Å². The standard InChI is InChI=1S/C13H8Br2N2O3/c14-9-2-1-3-10(5-9)16-7-8-4-11(17(19)20)6-12(15)13(8)18/h1-7,18H. The van der Waals surface area contributed by atoms with Crippen LogP contribution in [0.25, 0.3) is 0 Å². The average molecular weight is 400 g/mol. The van der Waals surface area contributed by atoms with Crippen molar-refractivity contribution in [1.82, 2.24) is 0 Å². The number of phenolic OH excluding ortho intramolecular Hbond substituents is 1. The number of hydrogen-bond acceptors (Lipinski definition) is 4. The monoisotopic (exact) mass is 398 g/mol. The molecule has 0 aromatic heterocycles. The highest BCUT2D eigenvalue weighted by Gasteiger charge is 2.13. The van der Waals surface area contributed by atoms with Crippen LogP contribution in [0.15, 0.2) is 50.3 Å². The molecule has 0 unspecified atom stereocenters. The maximum atomic E-state index is 10.8. The van der Waals surface area contributed by atoms with Crippen LogP contribution in [-0.2, 0) is 0 Å². The summed E-state index contributed by atoms with van der Waals surface area (Å²) in [6, 6.07) is 9.76. The number of nitro benzene ring substituents is 1. The van der Waals surface area contributed by atoms with E-state index in [9.17, 15) is 15.2 Å². The Morgan fingerprint density at radius 1 is 1.25 bits per heavy atom. The molecule has 2 aromatic rings. The van der Waals surface area contributed by atoms with E-state index in [-0.39, 0.29) is 21.5 Å². The van der Waals surface area contributed by atoms with Crippen LogP contribution in [-0.4, -0.2) is 16.2 Å². The number of aliphatic imine (C=N–C) groups is 1. The summed E-state index contributed by atoms with van der Waals surface area (Å²) in [6.07, 6.45) is 1.38. The lowest BCUT2D eigenvalue weighted by Gasteiger charge is -2.02. The Balaban J connectivity index is 2.40. The Morgan fingerprint density at radius 2 is 2.00 bits per heavy atom. The van der Waals surface area contributed by atoms with Crippen LogP contribution in [0, 0.1) is 10.1 Å². The molecule has 0 bridgehead atoms. The molecule has 0 fully saturated rings. The van der Waals surface area contributed by atoms with Gasteiger partial charge in [-0.2, -0.15) is 0 Å². The maximum Gasteiger partial charge on any atom is 0.271 e. The number of nitrogens with zero attached hydrogens (tertiary/aromatic N) is 2. The van der Waals surface area contributed by atoms with Gasteiger partial charge in [0.2, 0.25) is 0 Å². The van der Waals surface area contributed by atoms with Gasteiger partial charge in [0.1, 0.15) is 5.75 Å². The van der Waals surface area contributed by atoms with E-state index in [0.29, 0.717) is 5.69 Å². The van der Waals surface area contributed by atoms with Gasteiger partial charge in [0.25, 0.3) is 5.69 Å². The molecule has 0 aliphatic carbocycles. The molecule has 2 aromatic carbocycles. The second-order valence-electron chi connectivity index (χ2n) is 3.86. The van der Waals surface area contributed by atoms with Crippen molar-refractivity contribution in [2.45, 2.75) is 0 Å². The largest absolute Gasteiger partial charge is 0.506 e. The van der Waals surface area contributed by atoms with Gasteiger partial charge in [0, 0.05) is 28.4 Å². The fourth-order valence-corrected chi connectivity index (χ4v) is 2.36. The van der Waals surface area contributed by atoms with Gasteiger partial charge in [-0.25, -0.2) is 0 Å². The molecular weight excluding hydrogens is 392 g/mol. The lowest BCUT2D eigenvalue weighted by Crippen LogP contribution is -1.91. The molecule has 2 rings (SSSR count). The van der Waals surface area contributed by atoms with Crippen molar-refractivity contribution in [1.29, 1.82) is 0 Å². The van der Waals surface area contributed by atoms with Gasteiger partial charge >= 0.3 is 0 Å². The third kappa shape index (κ3) is 3.43. The number of non-ortho nitro benzene ring substituents is 1. The molecule has 0 atom stereocenters. The summed E-state index contributed by atoms with van der Waals surface area (Å²) in [5.41, 5.74) is 0.817. The maximum absolute atomic E-state index is 10.8.